The van der Waals surface area contributed by atoms with E-state index in [4.69, 9.17) is 9.47 Å². The van der Waals surface area contributed by atoms with Crippen LogP contribution in [0.25, 0.3) is 33.2 Å². The van der Waals surface area contributed by atoms with Crippen molar-refractivity contribution in [3.63, 3.8) is 0 Å². The molecule has 0 aliphatic carbocycles. The minimum Gasteiger partial charge on any atom is -0.380 e. The second kappa shape index (κ2) is 17.6. The largest absolute Gasteiger partial charge is 0.380 e. The summed E-state index contributed by atoms with van der Waals surface area (Å²) in [5.74, 6) is 1.43. The van der Waals surface area contributed by atoms with E-state index in [-0.39, 0.29) is 15.9 Å². The summed E-state index contributed by atoms with van der Waals surface area (Å²) < 4.78 is 13.9. The SMILES string of the molecule is BrBr.CCc1nc2ccccc2c(=O)n1-c1ccccc1COC.COCc1ccccc1-n1c(C(C)Br)nc2ccccc2c1=O. The average molecular weight is 827 g/mol. The minimum atomic E-state index is -0.0690. The van der Waals surface area contributed by atoms with Gasteiger partial charge in [0.05, 0.1) is 51.2 Å². The van der Waals surface area contributed by atoms with Gasteiger partial charge in [0, 0.05) is 60.0 Å². The van der Waals surface area contributed by atoms with E-state index in [0.29, 0.717) is 41.7 Å². The maximum Gasteiger partial charge on any atom is 0.266 e. The highest BCUT2D eigenvalue weighted by Gasteiger charge is 2.18. The number of methoxy groups -OCH3 is 2. The fourth-order valence-corrected chi connectivity index (χ4v) is 5.63. The van der Waals surface area contributed by atoms with Gasteiger partial charge in [0.1, 0.15) is 11.6 Å². The van der Waals surface area contributed by atoms with Gasteiger partial charge in [-0.05, 0) is 43.3 Å². The molecule has 0 fully saturated rings. The molecule has 1 atom stereocenters. The third-order valence-corrected chi connectivity index (χ3v) is 7.79. The summed E-state index contributed by atoms with van der Waals surface area (Å²) in [6, 6.07) is 30.4. The monoisotopic (exact) mass is 824 g/mol. The van der Waals surface area contributed by atoms with Crippen molar-refractivity contribution in [2.24, 2.45) is 0 Å². The van der Waals surface area contributed by atoms with Crippen LogP contribution >= 0.6 is 44.2 Å². The number of hydrogen-bond acceptors (Lipinski definition) is 6. The third kappa shape index (κ3) is 8.16. The van der Waals surface area contributed by atoms with Gasteiger partial charge in [-0.25, -0.2) is 9.97 Å². The second-order valence-corrected chi connectivity index (χ2v) is 11.8. The highest BCUT2D eigenvalue weighted by Crippen LogP contribution is 2.25. The lowest BCUT2D eigenvalue weighted by Gasteiger charge is -2.17. The van der Waals surface area contributed by atoms with Crippen molar-refractivity contribution in [3.05, 3.63) is 141 Å². The fraction of sp³-hybridized carbons (Fsp3) is 0.222. The van der Waals surface area contributed by atoms with Crippen LogP contribution in [0.5, 0.6) is 0 Å². The fourth-order valence-electron chi connectivity index (χ4n) is 5.33. The van der Waals surface area contributed by atoms with Crippen LogP contribution in [0.2, 0.25) is 0 Å². The summed E-state index contributed by atoms with van der Waals surface area (Å²) in [5.41, 5.74) is 4.90. The van der Waals surface area contributed by atoms with Gasteiger partial charge in [0.2, 0.25) is 0 Å². The first kappa shape index (κ1) is 36.4. The Morgan fingerprint density at radius 3 is 1.57 bits per heavy atom. The van der Waals surface area contributed by atoms with Gasteiger partial charge in [0.15, 0.2) is 0 Å². The van der Waals surface area contributed by atoms with Crippen molar-refractivity contribution in [2.45, 2.75) is 38.3 Å². The van der Waals surface area contributed by atoms with Crippen molar-refractivity contribution >= 4 is 66.0 Å². The molecule has 0 amide bonds. The van der Waals surface area contributed by atoms with E-state index in [9.17, 15) is 9.59 Å². The van der Waals surface area contributed by atoms with Gasteiger partial charge in [-0.1, -0.05) is 83.5 Å². The lowest BCUT2D eigenvalue weighted by atomic mass is 10.1. The van der Waals surface area contributed by atoms with E-state index in [0.717, 1.165) is 33.8 Å². The van der Waals surface area contributed by atoms with Crippen molar-refractivity contribution in [1.82, 2.24) is 19.1 Å². The summed E-state index contributed by atoms with van der Waals surface area (Å²) in [6.07, 6.45) is 0.682. The molecule has 0 aliphatic rings. The number of hydrogen-bond donors (Lipinski definition) is 0. The van der Waals surface area contributed by atoms with E-state index in [1.807, 2.05) is 111 Å². The topological polar surface area (TPSA) is 88.2 Å². The number of aryl methyl sites for hydroxylation is 1. The lowest BCUT2D eigenvalue weighted by molar-refractivity contribution is 0.184. The van der Waals surface area contributed by atoms with Gasteiger partial charge in [-0.3, -0.25) is 18.7 Å². The van der Waals surface area contributed by atoms with Crippen molar-refractivity contribution in [3.8, 4) is 11.4 Å². The van der Waals surface area contributed by atoms with Crippen LogP contribution in [0.4, 0.5) is 0 Å². The molecular formula is C36H35Br3N4O4. The summed E-state index contributed by atoms with van der Waals surface area (Å²) in [4.78, 5) is 35.3. The first-order chi connectivity index (χ1) is 22.9. The number of benzene rings is 4. The molecule has 6 aromatic rings. The molecule has 8 nitrogen and oxygen atoms in total. The lowest BCUT2D eigenvalue weighted by Crippen LogP contribution is -2.25. The molecule has 0 bridgehead atoms. The standard InChI is InChI=1S/C18H17BrN2O2.C18H18N2O2.Br2/c1-12(19)17-20-15-9-5-4-8-14(15)18(22)21(17)16-10-6-3-7-13(16)11-23-2;1-3-17-19-15-10-6-5-9-14(15)18(21)20(17)16-11-7-4-8-13(16)12-22-2;1-2/h3-10,12H,11H2,1-2H3;4-11H,3,12H2,1-2H3;. The van der Waals surface area contributed by atoms with E-state index < -0.39 is 0 Å². The zero-order chi connectivity index (χ0) is 33.9. The highest BCUT2D eigenvalue weighted by atomic mass is 80.9. The molecule has 0 radical (unpaired) electrons. The smallest absolute Gasteiger partial charge is 0.266 e. The molecule has 1 unspecified atom stereocenters. The van der Waals surface area contributed by atoms with Crippen molar-refractivity contribution < 1.29 is 9.47 Å². The summed E-state index contributed by atoms with van der Waals surface area (Å²) >= 11 is 9.06. The van der Waals surface area contributed by atoms with E-state index in [2.05, 4.69) is 54.2 Å². The number of para-hydroxylation sites is 4. The van der Waals surface area contributed by atoms with Gasteiger partial charge in [-0.15, -0.1) is 0 Å². The zero-order valence-electron chi connectivity index (χ0n) is 26.5. The summed E-state index contributed by atoms with van der Waals surface area (Å²) in [7, 11) is 3.30. The highest BCUT2D eigenvalue weighted by molar-refractivity contribution is 9.93. The van der Waals surface area contributed by atoms with Crippen LogP contribution in [0.1, 0.15) is 41.5 Å². The minimum absolute atomic E-state index is 0.0361. The second-order valence-electron chi connectivity index (χ2n) is 10.4. The molecule has 0 saturated heterocycles. The van der Waals surface area contributed by atoms with Crippen LogP contribution < -0.4 is 11.1 Å². The number of fused-ring (bicyclic) bond motifs is 2. The van der Waals surface area contributed by atoms with E-state index >= 15 is 0 Å². The normalized spacial score (nSPS) is 11.4. The summed E-state index contributed by atoms with van der Waals surface area (Å²) in [5, 5.41) is 1.24. The van der Waals surface area contributed by atoms with Crippen LogP contribution in [0, 0.1) is 0 Å². The predicted octanol–water partition coefficient (Wildman–Crippen LogP) is 8.77. The van der Waals surface area contributed by atoms with Crippen LogP contribution in [0.15, 0.2) is 107 Å². The molecular weight excluding hydrogens is 792 g/mol. The first-order valence-electron chi connectivity index (χ1n) is 14.8. The maximum absolute atomic E-state index is 13.1. The van der Waals surface area contributed by atoms with Gasteiger partial charge < -0.3 is 9.47 Å². The number of rotatable bonds is 8. The number of aromatic nitrogens is 4. The Balaban J connectivity index is 0.000000202. The Labute approximate surface area is 297 Å². The first-order valence-corrected chi connectivity index (χ1v) is 19.5. The zero-order valence-corrected chi connectivity index (χ0v) is 31.3. The molecule has 4 aromatic carbocycles. The van der Waals surface area contributed by atoms with E-state index in [1.165, 1.54) is 0 Å². The van der Waals surface area contributed by atoms with Crippen LogP contribution in [-0.4, -0.2) is 33.3 Å². The molecule has 11 heteroatoms. The van der Waals surface area contributed by atoms with Crippen LogP contribution in [-0.2, 0) is 29.1 Å². The molecule has 0 spiro atoms. The Morgan fingerprint density at radius 1 is 0.660 bits per heavy atom. The van der Waals surface area contributed by atoms with Gasteiger partial charge in [-0.2, -0.15) is 0 Å². The Morgan fingerprint density at radius 2 is 1.09 bits per heavy atom. The Hall–Kier alpha value is -3.48. The Kier molecular flexibility index (Phi) is 13.6. The number of ether oxygens (including phenoxy) is 2. The third-order valence-electron chi connectivity index (χ3n) is 7.38. The molecule has 244 valence electrons. The quantitative estimate of drug-likeness (QED) is 0.143. The maximum atomic E-state index is 13.1. The average Bonchev–Trinajstić information content (AvgIpc) is 3.10. The van der Waals surface area contributed by atoms with Crippen molar-refractivity contribution in [1.29, 1.82) is 0 Å². The van der Waals surface area contributed by atoms with Crippen molar-refractivity contribution in [2.75, 3.05) is 14.2 Å². The Bertz CT molecular complexity index is 2080. The molecule has 2 aromatic heterocycles. The molecule has 0 aliphatic heterocycles. The molecule has 6 rings (SSSR count). The number of alkyl halides is 1. The molecule has 0 saturated carbocycles. The molecule has 47 heavy (non-hydrogen) atoms. The van der Waals surface area contributed by atoms with Gasteiger partial charge >= 0.3 is 0 Å². The van der Waals surface area contributed by atoms with E-state index in [1.54, 1.807) is 23.4 Å². The molecule has 2 heterocycles. The predicted molar refractivity (Wildman–Crippen MR) is 201 cm³/mol. The number of halogens is 3. The van der Waals surface area contributed by atoms with Gasteiger partial charge in [0.25, 0.3) is 11.1 Å². The molecule has 0 N–H and O–H groups in total. The number of nitrogens with zero attached hydrogens (tertiary/aromatic N) is 4. The summed E-state index contributed by atoms with van der Waals surface area (Å²) in [6.45, 7) is 4.86. The van der Waals surface area contributed by atoms with Crippen LogP contribution in [0.3, 0.4) is 0 Å².